The standard InChI is InChI=1S/C13H22INO4/c1-9(2)11(16)4-5-13(18)15-6-7-19-8-12(17)10(3)14/h9-10H,4-8H2,1-3H3,(H,15,18). The molecule has 0 aromatic rings. The number of Topliss-reactive ketones (excluding diaryl/α,β-unsaturated/α-hetero) is 2. The molecule has 1 unspecified atom stereocenters. The zero-order valence-corrected chi connectivity index (χ0v) is 13.9. The number of amides is 1. The molecule has 0 bridgehead atoms. The van der Waals surface area contributed by atoms with Crippen LogP contribution in [0, 0.1) is 5.92 Å². The highest BCUT2D eigenvalue weighted by Crippen LogP contribution is 2.01. The van der Waals surface area contributed by atoms with Gasteiger partial charge in [-0.2, -0.15) is 0 Å². The highest BCUT2D eigenvalue weighted by molar-refractivity contribution is 14.1. The fraction of sp³-hybridized carbons (Fsp3) is 0.769. The van der Waals surface area contributed by atoms with Crippen molar-refractivity contribution in [2.45, 2.75) is 37.5 Å². The summed E-state index contributed by atoms with van der Waals surface area (Å²) in [5.41, 5.74) is 0. The van der Waals surface area contributed by atoms with Crippen LogP contribution in [0.5, 0.6) is 0 Å². The maximum absolute atomic E-state index is 11.4. The second-order valence-corrected chi connectivity index (χ2v) is 6.47. The van der Waals surface area contributed by atoms with Gasteiger partial charge in [-0.3, -0.25) is 14.4 Å². The Morgan fingerprint density at radius 3 is 2.26 bits per heavy atom. The largest absolute Gasteiger partial charge is 0.372 e. The van der Waals surface area contributed by atoms with Gasteiger partial charge in [0.15, 0.2) is 5.78 Å². The molecule has 1 N–H and O–H groups in total. The van der Waals surface area contributed by atoms with E-state index in [0.717, 1.165) is 0 Å². The van der Waals surface area contributed by atoms with Gasteiger partial charge in [0.2, 0.25) is 5.91 Å². The van der Waals surface area contributed by atoms with Crippen LogP contribution in [0.2, 0.25) is 0 Å². The lowest BCUT2D eigenvalue weighted by molar-refractivity contribution is -0.127. The van der Waals surface area contributed by atoms with E-state index in [-0.39, 0.29) is 46.8 Å². The van der Waals surface area contributed by atoms with Gasteiger partial charge in [0.25, 0.3) is 0 Å². The number of carbonyl (C=O) groups is 3. The Morgan fingerprint density at radius 1 is 1.11 bits per heavy atom. The van der Waals surface area contributed by atoms with E-state index in [0.29, 0.717) is 13.2 Å². The minimum atomic E-state index is -0.161. The zero-order chi connectivity index (χ0) is 14.8. The van der Waals surface area contributed by atoms with E-state index in [1.165, 1.54) is 0 Å². The van der Waals surface area contributed by atoms with Crippen LogP contribution in [0.4, 0.5) is 0 Å². The van der Waals surface area contributed by atoms with Gasteiger partial charge in [-0.05, 0) is 6.92 Å². The number of halogens is 1. The molecule has 110 valence electrons. The van der Waals surface area contributed by atoms with Crippen molar-refractivity contribution in [2.24, 2.45) is 5.92 Å². The Morgan fingerprint density at radius 2 is 1.74 bits per heavy atom. The van der Waals surface area contributed by atoms with Gasteiger partial charge in [-0.15, -0.1) is 0 Å². The highest BCUT2D eigenvalue weighted by Gasteiger charge is 2.10. The summed E-state index contributed by atoms with van der Waals surface area (Å²) in [6.07, 6.45) is 0.482. The Labute approximate surface area is 128 Å². The van der Waals surface area contributed by atoms with Crippen LogP contribution < -0.4 is 5.32 Å². The Kier molecular flexibility index (Phi) is 10.0. The summed E-state index contributed by atoms with van der Waals surface area (Å²) < 4.78 is 5.07. The molecule has 0 spiro atoms. The number of ether oxygens (including phenoxy) is 1. The second kappa shape index (κ2) is 10.3. The van der Waals surface area contributed by atoms with E-state index in [2.05, 4.69) is 5.32 Å². The van der Waals surface area contributed by atoms with Crippen molar-refractivity contribution >= 4 is 40.1 Å². The van der Waals surface area contributed by atoms with Gasteiger partial charge >= 0.3 is 0 Å². The average Bonchev–Trinajstić information content (AvgIpc) is 2.34. The van der Waals surface area contributed by atoms with Gasteiger partial charge in [0.05, 0.1) is 10.5 Å². The van der Waals surface area contributed by atoms with Crippen LogP contribution in [0.3, 0.4) is 0 Å². The Balaban J connectivity index is 3.54. The molecule has 0 saturated heterocycles. The minimum Gasteiger partial charge on any atom is -0.372 e. The van der Waals surface area contributed by atoms with E-state index >= 15 is 0 Å². The molecule has 0 rings (SSSR count). The lowest BCUT2D eigenvalue weighted by Gasteiger charge is -2.07. The van der Waals surface area contributed by atoms with Crippen molar-refractivity contribution in [1.82, 2.24) is 5.32 Å². The molecule has 0 aliphatic heterocycles. The maximum Gasteiger partial charge on any atom is 0.220 e. The first-order chi connectivity index (χ1) is 8.84. The number of hydrogen-bond acceptors (Lipinski definition) is 4. The molecule has 0 aromatic heterocycles. The van der Waals surface area contributed by atoms with Crippen LogP contribution in [0.15, 0.2) is 0 Å². The lowest BCUT2D eigenvalue weighted by atomic mass is 10.0. The molecule has 1 amide bonds. The van der Waals surface area contributed by atoms with Crippen molar-refractivity contribution in [3.63, 3.8) is 0 Å². The number of rotatable bonds is 10. The van der Waals surface area contributed by atoms with Crippen LogP contribution in [0.1, 0.15) is 33.6 Å². The maximum atomic E-state index is 11.4. The van der Waals surface area contributed by atoms with Crippen molar-refractivity contribution in [2.75, 3.05) is 19.8 Å². The molecular weight excluding hydrogens is 361 g/mol. The number of alkyl halides is 1. The normalized spacial score (nSPS) is 12.3. The molecular formula is C13H22INO4. The number of carbonyl (C=O) groups excluding carboxylic acids is 3. The van der Waals surface area contributed by atoms with Crippen LogP contribution in [-0.2, 0) is 19.1 Å². The summed E-state index contributed by atoms with van der Waals surface area (Å²) in [4.78, 5) is 33.9. The molecule has 0 heterocycles. The molecule has 0 aromatic carbocycles. The molecule has 0 aliphatic rings. The Hall–Kier alpha value is -0.500. The summed E-state index contributed by atoms with van der Waals surface area (Å²) in [6, 6.07) is 0. The average molecular weight is 383 g/mol. The molecule has 0 aliphatic carbocycles. The van der Waals surface area contributed by atoms with Gasteiger partial charge in [-0.25, -0.2) is 0 Å². The number of ketones is 2. The molecule has 19 heavy (non-hydrogen) atoms. The quantitative estimate of drug-likeness (QED) is 0.353. The summed E-state index contributed by atoms with van der Waals surface area (Å²) >= 11 is 2.03. The van der Waals surface area contributed by atoms with Gasteiger partial charge in [0, 0.05) is 25.3 Å². The minimum absolute atomic E-state index is 0.0302. The predicted octanol–water partition coefficient (Wildman–Crippen LogP) is 1.52. The van der Waals surface area contributed by atoms with Gasteiger partial charge < -0.3 is 10.1 Å². The zero-order valence-electron chi connectivity index (χ0n) is 11.7. The van der Waals surface area contributed by atoms with E-state index in [1.54, 1.807) is 6.92 Å². The Bertz CT molecular complexity index is 316. The van der Waals surface area contributed by atoms with E-state index in [1.807, 2.05) is 36.4 Å². The molecule has 5 nitrogen and oxygen atoms in total. The highest BCUT2D eigenvalue weighted by atomic mass is 127. The SMILES string of the molecule is CC(C)C(=O)CCC(=O)NCCOCC(=O)C(C)I. The third kappa shape index (κ3) is 10.0. The first kappa shape index (κ1) is 18.5. The first-order valence-electron chi connectivity index (χ1n) is 6.38. The third-order valence-electron chi connectivity index (χ3n) is 2.50. The molecule has 0 saturated carbocycles. The van der Waals surface area contributed by atoms with Crippen molar-refractivity contribution in [3.8, 4) is 0 Å². The van der Waals surface area contributed by atoms with E-state index in [9.17, 15) is 14.4 Å². The summed E-state index contributed by atoms with van der Waals surface area (Å²) in [6.45, 7) is 6.18. The fourth-order valence-corrected chi connectivity index (χ4v) is 1.34. The molecule has 1 atom stereocenters. The number of nitrogens with one attached hydrogen (secondary N) is 1. The topological polar surface area (TPSA) is 72.5 Å². The fourth-order valence-electron chi connectivity index (χ4n) is 1.16. The molecule has 0 fully saturated rings. The van der Waals surface area contributed by atoms with Crippen molar-refractivity contribution < 1.29 is 19.1 Å². The van der Waals surface area contributed by atoms with Crippen molar-refractivity contribution in [1.29, 1.82) is 0 Å². The van der Waals surface area contributed by atoms with Gasteiger partial charge in [0.1, 0.15) is 12.4 Å². The van der Waals surface area contributed by atoms with Crippen molar-refractivity contribution in [3.05, 3.63) is 0 Å². The summed E-state index contributed by atoms with van der Waals surface area (Å²) in [5.74, 6) is -0.0638. The number of hydrogen-bond donors (Lipinski definition) is 1. The monoisotopic (exact) mass is 383 g/mol. The van der Waals surface area contributed by atoms with Crippen LogP contribution in [0.25, 0.3) is 0 Å². The third-order valence-corrected chi connectivity index (χ3v) is 3.19. The predicted molar refractivity (Wildman–Crippen MR) is 81.4 cm³/mol. The van der Waals surface area contributed by atoms with Gasteiger partial charge in [-0.1, -0.05) is 36.4 Å². The molecule has 0 radical (unpaired) electrons. The molecule has 6 heteroatoms. The van der Waals surface area contributed by atoms with Crippen LogP contribution >= 0.6 is 22.6 Å². The smallest absolute Gasteiger partial charge is 0.220 e. The first-order valence-corrected chi connectivity index (χ1v) is 7.63. The van der Waals surface area contributed by atoms with E-state index in [4.69, 9.17) is 4.74 Å². The van der Waals surface area contributed by atoms with E-state index < -0.39 is 0 Å². The summed E-state index contributed by atoms with van der Waals surface area (Å²) in [7, 11) is 0. The second-order valence-electron chi connectivity index (χ2n) is 4.61. The lowest BCUT2D eigenvalue weighted by Crippen LogP contribution is -2.29. The van der Waals surface area contributed by atoms with Crippen LogP contribution in [-0.4, -0.2) is 41.2 Å². The summed E-state index contributed by atoms with van der Waals surface area (Å²) in [5, 5.41) is 2.65.